The lowest BCUT2D eigenvalue weighted by Crippen LogP contribution is -1.94. The second-order valence-corrected chi connectivity index (χ2v) is 10.6. The summed E-state index contributed by atoms with van der Waals surface area (Å²) in [5.41, 5.74) is 0. The molecule has 0 aromatic heterocycles. The second-order valence-electron chi connectivity index (χ2n) is 5.42. The molecule has 0 aliphatic heterocycles. The van der Waals surface area contributed by atoms with Crippen molar-refractivity contribution in [2.75, 3.05) is 25.7 Å². The van der Waals surface area contributed by atoms with Gasteiger partial charge in [0.1, 0.15) is 12.8 Å². The molecule has 0 rings (SSSR count). The Morgan fingerprint density at radius 1 is 0.889 bits per heavy atom. The van der Waals surface area contributed by atoms with E-state index in [1.54, 1.807) is 0 Å². The summed E-state index contributed by atoms with van der Waals surface area (Å²) in [5.74, 6) is 0. The van der Waals surface area contributed by atoms with Crippen LogP contribution in [0.1, 0.15) is 51.4 Å². The molecule has 0 radical (unpaired) electrons. The molecule has 0 heterocycles. The van der Waals surface area contributed by atoms with E-state index in [9.17, 15) is 14.4 Å². The fourth-order valence-corrected chi connectivity index (χ4v) is 3.51. The Labute approximate surface area is 112 Å². The largest absolute Gasteiger partial charge is 0.344 e. The van der Waals surface area contributed by atoms with Gasteiger partial charge in [0.15, 0.2) is 7.37 Å². The number of rotatable bonds is 11. The normalized spacial score (nSPS) is 15.6. The molecule has 0 bridgehead atoms. The van der Waals surface area contributed by atoms with E-state index in [1.165, 1.54) is 26.2 Å². The standard InChI is InChI=1S/C12H28O4P2/c1-17(13,14)11-9-7-5-3-4-6-8-10-12-18(2,15)16/h13-14H,3-12H2,1-2H3/p+1. The van der Waals surface area contributed by atoms with Crippen LogP contribution in [0.3, 0.4) is 0 Å². The Hall–Kier alpha value is 0.540. The van der Waals surface area contributed by atoms with E-state index in [-0.39, 0.29) is 0 Å². The van der Waals surface area contributed by atoms with Crippen molar-refractivity contribution >= 4 is 15.1 Å². The Morgan fingerprint density at radius 2 is 1.28 bits per heavy atom. The molecule has 4 nitrogen and oxygen atoms in total. The number of unbranched alkanes of at least 4 members (excludes halogenated alkanes) is 7. The van der Waals surface area contributed by atoms with Gasteiger partial charge in [-0.1, -0.05) is 32.1 Å². The molecule has 0 aliphatic carbocycles. The summed E-state index contributed by atoms with van der Waals surface area (Å²) in [4.78, 5) is 27.5. The topological polar surface area (TPSA) is 77.8 Å². The van der Waals surface area contributed by atoms with Gasteiger partial charge in [0, 0.05) is 12.8 Å². The molecule has 110 valence electrons. The highest BCUT2D eigenvalue weighted by molar-refractivity contribution is 7.63. The lowest BCUT2D eigenvalue weighted by atomic mass is 10.1. The molecule has 1 atom stereocenters. The van der Waals surface area contributed by atoms with Gasteiger partial charge in [0.2, 0.25) is 0 Å². The molecule has 1 unspecified atom stereocenters. The second kappa shape index (κ2) is 9.44. The first kappa shape index (κ1) is 18.5. The van der Waals surface area contributed by atoms with Crippen molar-refractivity contribution in [3.63, 3.8) is 0 Å². The molecule has 0 spiro atoms. The summed E-state index contributed by atoms with van der Waals surface area (Å²) < 4.78 is 11.0. The van der Waals surface area contributed by atoms with Crippen LogP contribution in [-0.2, 0) is 4.57 Å². The van der Waals surface area contributed by atoms with Crippen LogP contribution in [0.2, 0.25) is 0 Å². The summed E-state index contributed by atoms with van der Waals surface area (Å²) in [6, 6.07) is 0. The molecule has 0 saturated heterocycles. The highest BCUT2D eigenvalue weighted by Crippen LogP contribution is 2.45. The maximum absolute atomic E-state index is 11.0. The highest BCUT2D eigenvalue weighted by Gasteiger charge is 2.23. The summed E-state index contributed by atoms with van der Waals surface area (Å²) in [5, 5.41) is 0. The van der Waals surface area contributed by atoms with Crippen molar-refractivity contribution in [3.05, 3.63) is 0 Å². The van der Waals surface area contributed by atoms with Crippen molar-refractivity contribution in [2.45, 2.75) is 51.4 Å². The van der Waals surface area contributed by atoms with Crippen molar-refractivity contribution in [1.29, 1.82) is 0 Å². The minimum Gasteiger partial charge on any atom is -0.344 e. The molecule has 3 N–H and O–H groups in total. The Morgan fingerprint density at radius 3 is 1.67 bits per heavy atom. The zero-order valence-electron chi connectivity index (χ0n) is 11.7. The van der Waals surface area contributed by atoms with Crippen LogP contribution >= 0.6 is 15.1 Å². The van der Waals surface area contributed by atoms with Crippen molar-refractivity contribution in [2.24, 2.45) is 0 Å². The van der Waals surface area contributed by atoms with E-state index in [2.05, 4.69) is 0 Å². The fraction of sp³-hybridized carbons (Fsp3) is 1.00. The van der Waals surface area contributed by atoms with Crippen LogP contribution in [-0.4, -0.2) is 40.3 Å². The molecule has 0 aromatic carbocycles. The smallest absolute Gasteiger partial charge is 0.264 e. The van der Waals surface area contributed by atoms with Crippen LogP contribution < -0.4 is 0 Å². The average Bonchev–Trinajstić information content (AvgIpc) is 2.17. The molecule has 18 heavy (non-hydrogen) atoms. The molecular weight excluding hydrogens is 270 g/mol. The average molecular weight is 299 g/mol. The number of hydrogen-bond donors (Lipinski definition) is 3. The molecule has 0 saturated carbocycles. The van der Waals surface area contributed by atoms with E-state index in [4.69, 9.17) is 4.89 Å². The lowest BCUT2D eigenvalue weighted by Gasteiger charge is -2.06. The maximum atomic E-state index is 11.0. The first-order valence-electron chi connectivity index (χ1n) is 6.81. The van der Waals surface area contributed by atoms with Crippen molar-refractivity contribution in [3.8, 4) is 0 Å². The zero-order chi connectivity index (χ0) is 14.1. The van der Waals surface area contributed by atoms with E-state index in [0.29, 0.717) is 12.3 Å². The third-order valence-electron chi connectivity index (χ3n) is 2.90. The monoisotopic (exact) mass is 299 g/mol. The Balaban J connectivity index is 3.15. The predicted octanol–water partition coefficient (Wildman–Crippen LogP) is 3.47. The van der Waals surface area contributed by atoms with Gasteiger partial charge < -0.3 is 4.89 Å². The van der Waals surface area contributed by atoms with E-state index in [1.807, 2.05) is 0 Å². The zero-order valence-corrected chi connectivity index (χ0v) is 13.5. The minimum absolute atomic E-state index is 0.447. The van der Waals surface area contributed by atoms with Crippen molar-refractivity contribution in [1.82, 2.24) is 0 Å². The summed E-state index contributed by atoms with van der Waals surface area (Å²) in [6.07, 6.45) is 9.48. The molecule has 0 fully saturated rings. The molecular formula is C12H29O4P2+. The highest BCUT2D eigenvalue weighted by atomic mass is 31.2. The lowest BCUT2D eigenvalue weighted by molar-refractivity contribution is 0.453. The van der Waals surface area contributed by atoms with Gasteiger partial charge in [-0.3, -0.25) is 4.57 Å². The van der Waals surface area contributed by atoms with Crippen LogP contribution in [0.25, 0.3) is 0 Å². The Kier molecular flexibility index (Phi) is 9.73. The van der Waals surface area contributed by atoms with Gasteiger partial charge in [-0.05, 0) is 19.3 Å². The Bertz CT molecular complexity index is 245. The van der Waals surface area contributed by atoms with E-state index in [0.717, 1.165) is 38.5 Å². The van der Waals surface area contributed by atoms with Gasteiger partial charge in [0.05, 0.1) is 0 Å². The predicted molar refractivity (Wildman–Crippen MR) is 79.7 cm³/mol. The quantitative estimate of drug-likeness (QED) is 0.403. The van der Waals surface area contributed by atoms with Gasteiger partial charge >= 0.3 is 0 Å². The van der Waals surface area contributed by atoms with Crippen LogP contribution in [0.4, 0.5) is 0 Å². The van der Waals surface area contributed by atoms with Gasteiger partial charge in [-0.25, -0.2) is 9.79 Å². The van der Waals surface area contributed by atoms with Gasteiger partial charge in [0.25, 0.3) is 7.72 Å². The third-order valence-corrected chi connectivity index (χ3v) is 5.21. The van der Waals surface area contributed by atoms with Crippen LogP contribution in [0, 0.1) is 0 Å². The first-order valence-corrected chi connectivity index (χ1v) is 11.4. The van der Waals surface area contributed by atoms with Gasteiger partial charge in [-0.15, -0.1) is 0 Å². The molecule has 0 amide bonds. The first-order chi connectivity index (χ1) is 8.21. The SMILES string of the molecule is CP(=O)(O)CCCCCCCCCC[P+](C)(O)O. The maximum Gasteiger partial charge on any atom is 0.264 e. The third kappa shape index (κ3) is 16.5. The van der Waals surface area contributed by atoms with Gasteiger partial charge in [-0.2, -0.15) is 0 Å². The van der Waals surface area contributed by atoms with Crippen LogP contribution in [0.15, 0.2) is 0 Å². The van der Waals surface area contributed by atoms with E-state index >= 15 is 0 Å². The minimum atomic E-state index is -2.80. The van der Waals surface area contributed by atoms with Crippen LogP contribution in [0.5, 0.6) is 0 Å². The molecule has 6 heteroatoms. The number of hydrogen-bond acceptors (Lipinski definition) is 3. The molecule has 0 aromatic rings. The van der Waals surface area contributed by atoms with Crippen molar-refractivity contribution < 1.29 is 19.2 Å². The summed E-state index contributed by atoms with van der Waals surface area (Å²) >= 11 is 0. The fourth-order valence-electron chi connectivity index (χ4n) is 1.88. The summed E-state index contributed by atoms with van der Waals surface area (Å²) in [6.45, 7) is 2.95. The van der Waals surface area contributed by atoms with E-state index < -0.39 is 15.1 Å². The molecule has 0 aliphatic rings. The summed E-state index contributed by atoms with van der Waals surface area (Å²) in [7, 11) is -5.35.